The molecule has 0 aliphatic heterocycles. The lowest BCUT2D eigenvalue weighted by atomic mass is 9.89. The predicted molar refractivity (Wildman–Crippen MR) is 112 cm³/mol. The molecule has 0 bridgehead atoms. The van der Waals surface area contributed by atoms with Crippen molar-refractivity contribution >= 4 is 15.9 Å². The summed E-state index contributed by atoms with van der Waals surface area (Å²) in [7, 11) is 0. The number of halogens is 3. The summed E-state index contributed by atoms with van der Waals surface area (Å²) < 4.78 is 38.9. The van der Waals surface area contributed by atoms with Crippen LogP contribution in [0.15, 0.2) is 71.6 Å². The molecular formula is C23H21BrF2N2O2. The molecule has 1 aromatic carbocycles. The first-order valence-electron chi connectivity index (χ1n) is 9.83. The lowest BCUT2D eigenvalue weighted by Gasteiger charge is -2.29. The molecule has 30 heavy (non-hydrogen) atoms. The molecule has 1 atom stereocenters. The molecule has 7 heteroatoms. The van der Waals surface area contributed by atoms with Gasteiger partial charge in [-0.05, 0) is 89.1 Å². The van der Waals surface area contributed by atoms with Crippen LogP contribution in [0.2, 0.25) is 0 Å². The van der Waals surface area contributed by atoms with Gasteiger partial charge in [-0.1, -0.05) is 12.1 Å². The zero-order valence-electron chi connectivity index (χ0n) is 16.2. The standard InChI is InChI=1S/C23H21BrF2N2O2/c24-18-7-8-22(28-15-18)21(13-16-9-11-27-12-10-16)17-3-1-6-20(14-17)30-23(25,26)29-19-4-2-5-19/h1,3,6-12,14-15,19,21H,2,4-5,13H2. The summed E-state index contributed by atoms with van der Waals surface area (Å²) in [5, 5.41) is 0. The van der Waals surface area contributed by atoms with Gasteiger partial charge >= 0.3 is 6.29 Å². The Morgan fingerprint density at radius 3 is 2.57 bits per heavy atom. The van der Waals surface area contributed by atoms with Crippen LogP contribution < -0.4 is 4.74 Å². The van der Waals surface area contributed by atoms with E-state index in [4.69, 9.17) is 9.47 Å². The van der Waals surface area contributed by atoms with Crippen LogP contribution >= 0.6 is 15.9 Å². The van der Waals surface area contributed by atoms with E-state index in [1.165, 1.54) is 6.07 Å². The van der Waals surface area contributed by atoms with Crippen molar-refractivity contribution in [1.82, 2.24) is 9.97 Å². The first-order valence-corrected chi connectivity index (χ1v) is 10.6. The van der Waals surface area contributed by atoms with Crippen molar-refractivity contribution in [2.45, 2.75) is 44.0 Å². The van der Waals surface area contributed by atoms with Crippen molar-refractivity contribution in [3.8, 4) is 5.75 Å². The third kappa shape index (κ3) is 5.40. The van der Waals surface area contributed by atoms with Gasteiger partial charge in [0, 0.05) is 34.7 Å². The third-order valence-electron chi connectivity index (χ3n) is 5.15. The molecular weight excluding hydrogens is 454 g/mol. The van der Waals surface area contributed by atoms with E-state index in [2.05, 4.69) is 25.9 Å². The Labute approximate surface area is 182 Å². The van der Waals surface area contributed by atoms with Crippen LogP contribution in [0.1, 0.15) is 42.0 Å². The maximum atomic E-state index is 14.2. The Hall–Kier alpha value is -2.38. The molecule has 2 heterocycles. The zero-order valence-corrected chi connectivity index (χ0v) is 17.8. The molecule has 0 spiro atoms. The molecule has 1 unspecified atom stereocenters. The number of hydrogen-bond donors (Lipinski definition) is 0. The molecule has 0 radical (unpaired) electrons. The fourth-order valence-electron chi connectivity index (χ4n) is 3.38. The van der Waals surface area contributed by atoms with Gasteiger partial charge in [0.15, 0.2) is 0 Å². The van der Waals surface area contributed by atoms with Gasteiger partial charge in [0.05, 0.1) is 6.10 Å². The topological polar surface area (TPSA) is 44.2 Å². The number of pyridine rings is 2. The fourth-order valence-corrected chi connectivity index (χ4v) is 3.61. The van der Waals surface area contributed by atoms with Crippen molar-refractivity contribution in [2.75, 3.05) is 0 Å². The maximum absolute atomic E-state index is 14.2. The Morgan fingerprint density at radius 1 is 1.10 bits per heavy atom. The van der Waals surface area contributed by atoms with Crippen LogP contribution in [0.5, 0.6) is 5.75 Å². The SMILES string of the molecule is FC(F)(Oc1cccc(C(Cc2ccncc2)c2ccc(Br)cn2)c1)OC1CCC1. The number of nitrogens with zero attached hydrogens (tertiary/aromatic N) is 2. The highest BCUT2D eigenvalue weighted by Crippen LogP contribution is 2.34. The van der Waals surface area contributed by atoms with Crippen molar-refractivity contribution in [1.29, 1.82) is 0 Å². The Balaban J connectivity index is 1.59. The number of aromatic nitrogens is 2. The quantitative estimate of drug-likeness (QED) is 0.369. The number of rotatable bonds is 8. The van der Waals surface area contributed by atoms with E-state index in [0.717, 1.165) is 27.7 Å². The molecule has 2 aromatic heterocycles. The Morgan fingerprint density at radius 2 is 1.90 bits per heavy atom. The van der Waals surface area contributed by atoms with E-state index < -0.39 is 12.4 Å². The smallest absolute Gasteiger partial charge is 0.409 e. The minimum absolute atomic E-state index is 0.0636. The van der Waals surface area contributed by atoms with Gasteiger partial charge in [-0.25, -0.2) is 0 Å². The third-order valence-corrected chi connectivity index (χ3v) is 5.62. The molecule has 0 amide bonds. The molecule has 1 saturated carbocycles. The van der Waals surface area contributed by atoms with E-state index in [1.54, 1.807) is 30.7 Å². The molecule has 4 nitrogen and oxygen atoms in total. The summed E-state index contributed by atoms with van der Waals surface area (Å²) in [4.78, 5) is 8.60. The van der Waals surface area contributed by atoms with Crippen molar-refractivity contribution < 1.29 is 18.3 Å². The molecule has 0 N–H and O–H groups in total. The second kappa shape index (κ2) is 9.18. The van der Waals surface area contributed by atoms with E-state index in [9.17, 15) is 8.78 Å². The summed E-state index contributed by atoms with van der Waals surface area (Å²) in [6.07, 6.45) is 3.96. The second-order valence-corrected chi connectivity index (χ2v) is 8.24. The van der Waals surface area contributed by atoms with E-state index >= 15 is 0 Å². The van der Waals surface area contributed by atoms with E-state index in [-0.39, 0.29) is 11.7 Å². The highest BCUT2D eigenvalue weighted by atomic mass is 79.9. The average Bonchev–Trinajstić information content (AvgIpc) is 2.71. The highest BCUT2D eigenvalue weighted by Gasteiger charge is 2.39. The van der Waals surface area contributed by atoms with Crippen LogP contribution in [0.4, 0.5) is 8.78 Å². The normalized spacial score (nSPS) is 15.4. The number of hydrogen-bond acceptors (Lipinski definition) is 4. The predicted octanol–water partition coefficient (Wildman–Crippen LogP) is 6.11. The summed E-state index contributed by atoms with van der Waals surface area (Å²) in [6.45, 7) is 0. The van der Waals surface area contributed by atoms with Gasteiger partial charge in [-0.15, -0.1) is 8.78 Å². The van der Waals surface area contributed by atoms with Gasteiger partial charge in [0.25, 0.3) is 0 Å². The minimum Gasteiger partial charge on any atom is -0.409 e. The van der Waals surface area contributed by atoms with Crippen LogP contribution in [0.25, 0.3) is 0 Å². The minimum atomic E-state index is -3.65. The Kier molecular flexibility index (Phi) is 6.39. The number of ether oxygens (including phenoxy) is 2. The molecule has 3 aromatic rings. The van der Waals surface area contributed by atoms with E-state index in [1.807, 2.05) is 30.3 Å². The molecule has 1 aliphatic rings. The van der Waals surface area contributed by atoms with Gasteiger partial charge in [-0.2, -0.15) is 0 Å². The molecule has 4 rings (SSSR count). The van der Waals surface area contributed by atoms with Crippen molar-refractivity contribution in [3.05, 3.63) is 88.4 Å². The monoisotopic (exact) mass is 474 g/mol. The maximum Gasteiger partial charge on any atom is 0.535 e. The van der Waals surface area contributed by atoms with Gasteiger partial charge in [0.2, 0.25) is 0 Å². The van der Waals surface area contributed by atoms with Crippen LogP contribution in [-0.2, 0) is 11.2 Å². The Bertz CT molecular complexity index is 966. The first-order chi connectivity index (χ1) is 14.5. The summed E-state index contributed by atoms with van der Waals surface area (Å²) >= 11 is 3.40. The number of alkyl halides is 2. The summed E-state index contributed by atoms with van der Waals surface area (Å²) in [6, 6.07) is 14.5. The van der Waals surface area contributed by atoms with Crippen LogP contribution in [-0.4, -0.2) is 22.4 Å². The zero-order chi connectivity index (χ0) is 21.0. The van der Waals surface area contributed by atoms with Gasteiger partial charge in [0.1, 0.15) is 5.75 Å². The van der Waals surface area contributed by atoms with E-state index in [0.29, 0.717) is 19.3 Å². The first kappa shape index (κ1) is 20.9. The lowest BCUT2D eigenvalue weighted by molar-refractivity contribution is -0.376. The molecule has 0 saturated heterocycles. The molecule has 1 aliphatic carbocycles. The largest absolute Gasteiger partial charge is 0.535 e. The van der Waals surface area contributed by atoms with Crippen molar-refractivity contribution in [3.63, 3.8) is 0 Å². The van der Waals surface area contributed by atoms with Crippen molar-refractivity contribution in [2.24, 2.45) is 0 Å². The van der Waals surface area contributed by atoms with Gasteiger partial charge < -0.3 is 4.74 Å². The number of benzene rings is 1. The second-order valence-electron chi connectivity index (χ2n) is 7.32. The molecule has 156 valence electrons. The average molecular weight is 475 g/mol. The summed E-state index contributed by atoms with van der Waals surface area (Å²) in [5.74, 6) is -0.0705. The molecule has 1 fully saturated rings. The fraction of sp³-hybridized carbons (Fsp3) is 0.304. The summed E-state index contributed by atoms with van der Waals surface area (Å²) in [5.41, 5.74) is 2.74. The van der Waals surface area contributed by atoms with Gasteiger partial charge in [-0.3, -0.25) is 14.7 Å². The van der Waals surface area contributed by atoms with Crippen LogP contribution in [0, 0.1) is 0 Å². The van der Waals surface area contributed by atoms with Crippen LogP contribution in [0.3, 0.4) is 0 Å². The lowest BCUT2D eigenvalue weighted by Crippen LogP contribution is -2.36. The highest BCUT2D eigenvalue weighted by molar-refractivity contribution is 9.10.